The number of hydrogen-bond donors (Lipinski definition) is 3. The fourth-order valence-corrected chi connectivity index (χ4v) is 2.48. The Morgan fingerprint density at radius 1 is 1.32 bits per heavy atom. The van der Waals surface area contributed by atoms with Crippen molar-refractivity contribution >= 4 is 17.0 Å². The van der Waals surface area contributed by atoms with Crippen molar-refractivity contribution in [3.63, 3.8) is 0 Å². The molecule has 1 aliphatic heterocycles. The van der Waals surface area contributed by atoms with Gasteiger partial charge in [0.25, 0.3) is 0 Å². The third-order valence-corrected chi connectivity index (χ3v) is 3.59. The van der Waals surface area contributed by atoms with E-state index >= 15 is 0 Å². The Bertz CT molecular complexity index is 693. The second-order valence-electron chi connectivity index (χ2n) is 5.26. The first-order valence-corrected chi connectivity index (χ1v) is 6.64. The Kier molecular flexibility index (Phi) is 3.68. The zero-order chi connectivity index (χ0) is 16.0. The van der Waals surface area contributed by atoms with Crippen molar-refractivity contribution in [1.29, 1.82) is 0 Å². The van der Waals surface area contributed by atoms with Crippen molar-refractivity contribution < 1.29 is 24.4 Å². The molecule has 0 saturated carbocycles. The summed E-state index contributed by atoms with van der Waals surface area (Å²) < 4.78 is 20.4. The summed E-state index contributed by atoms with van der Waals surface area (Å²) in [4.78, 5) is 13.1. The highest BCUT2D eigenvalue weighted by atomic mass is 19.1. The first-order chi connectivity index (χ1) is 10.4. The number of fused-ring (bicyclic) bond motifs is 1. The van der Waals surface area contributed by atoms with Crippen LogP contribution in [0, 0.1) is 6.08 Å². The predicted molar refractivity (Wildman–Crippen MR) is 72.6 cm³/mol. The minimum atomic E-state index is -1.30. The second-order valence-corrected chi connectivity index (χ2v) is 5.26. The Morgan fingerprint density at radius 3 is 2.64 bits per heavy atom. The summed E-state index contributed by atoms with van der Waals surface area (Å²) in [6, 6.07) is 0. The van der Waals surface area contributed by atoms with E-state index in [1.165, 1.54) is 10.9 Å². The zero-order valence-electron chi connectivity index (χ0n) is 12.0. The molecular formula is C12H16FN5O4. The molecule has 3 heterocycles. The van der Waals surface area contributed by atoms with Crippen molar-refractivity contribution in [2.45, 2.75) is 24.5 Å². The van der Waals surface area contributed by atoms with Crippen LogP contribution in [0.1, 0.15) is 6.23 Å². The summed E-state index contributed by atoms with van der Waals surface area (Å²) in [5, 5.41) is 29.0. The van der Waals surface area contributed by atoms with Gasteiger partial charge in [-0.3, -0.25) is 4.57 Å². The van der Waals surface area contributed by atoms with Crippen molar-refractivity contribution in [2.24, 2.45) is 0 Å². The normalized spacial score (nSPS) is 28.5. The van der Waals surface area contributed by atoms with Gasteiger partial charge >= 0.3 is 6.08 Å². The Hall–Kier alpha value is -1.88. The maximum absolute atomic E-state index is 13.6. The van der Waals surface area contributed by atoms with E-state index in [0.717, 1.165) is 0 Å². The van der Waals surface area contributed by atoms with Crippen LogP contribution in [0.2, 0.25) is 0 Å². The summed E-state index contributed by atoms with van der Waals surface area (Å²) in [5.41, 5.74) is 0.468. The van der Waals surface area contributed by atoms with E-state index in [2.05, 4.69) is 15.0 Å². The van der Waals surface area contributed by atoms with Gasteiger partial charge in [-0.2, -0.15) is 14.4 Å². The van der Waals surface area contributed by atoms with Crippen LogP contribution in [-0.4, -0.2) is 73.9 Å². The van der Waals surface area contributed by atoms with Crippen LogP contribution < -0.4 is 4.90 Å². The number of imidazole rings is 1. The monoisotopic (exact) mass is 313 g/mol. The topological polar surface area (TPSA) is 117 Å². The van der Waals surface area contributed by atoms with E-state index in [0.29, 0.717) is 5.52 Å². The van der Waals surface area contributed by atoms with Gasteiger partial charge in [-0.1, -0.05) is 0 Å². The lowest BCUT2D eigenvalue weighted by atomic mass is 10.1. The molecule has 2 aromatic heterocycles. The average molecular weight is 313 g/mol. The third kappa shape index (κ3) is 2.20. The quantitative estimate of drug-likeness (QED) is 0.595. The van der Waals surface area contributed by atoms with Gasteiger partial charge in [0.05, 0.1) is 12.9 Å². The minimum Gasteiger partial charge on any atom is -0.394 e. The van der Waals surface area contributed by atoms with Crippen molar-refractivity contribution in [3.8, 4) is 0 Å². The van der Waals surface area contributed by atoms with Crippen molar-refractivity contribution in [3.05, 3.63) is 12.4 Å². The number of aliphatic hydroxyl groups is 3. The van der Waals surface area contributed by atoms with Gasteiger partial charge in [-0.15, -0.1) is 0 Å². The van der Waals surface area contributed by atoms with Gasteiger partial charge in [-0.25, -0.2) is 4.98 Å². The number of aliphatic hydroxyl groups excluding tert-OH is 3. The molecule has 4 atom stereocenters. The molecule has 120 valence electrons. The van der Waals surface area contributed by atoms with E-state index in [1.807, 2.05) is 0 Å². The Labute approximate surface area is 124 Å². The molecule has 1 saturated heterocycles. The van der Waals surface area contributed by atoms with E-state index in [1.54, 1.807) is 19.0 Å². The maximum Gasteiger partial charge on any atom is 0.312 e. The first-order valence-electron chi connectivity index (χ1n) is 6.64. The maximum atomic E-state index is 13.6. The lowest BCUT2D eigenvalue weighted by molar-refractivity contribution is -0.0511. The highest BCUT2D eigenvalue weighted by Gasteiger charge is 2.44. The molecule has 0 aromatic carbocycles. The molecule has 2 aromatic rings. The van der Waals surface area contributed by atoms with Gasteiger partial charge in [0.2, 0.25) is 0 Å². The number of hydrogen-bond acceptors (Lipinski definition) is 8. The molecule has 3 rings (SSSR count). The molecule has 1 fully saturated rings. The lowest BCUT2D eigenvalue weighted by Gasteiger charge is -2.17. The van der Waals surface area contributed by atoms with E-state index in [9.17, 15) is 14.6 Å². The van der Waals surface area contributed by atoms with Crippen LogP contribution in [0.3, 0.4) is 0 Å². The molecule has 1 aliphatic rings. The van der Waals surface area contributed by atoms with Gasteiger partial charge in [0, 0.05) is 14.1 Å². The fraction of sp³-hybridized carbons (Fsp3) is 0.583. The number of nitrogens with zero attached hydrogens (tertiary/aromatic N) is 5. The fourth-order valence-electron chi connectivity index (χ4n) is 2.48. The van der Waals surface area contributed by atoms with E-state index < -0.39 is 37.2 Å². The van der Waals surface area contributed by atoms with Crippen molar-refractivity contribution in [2.75, 3.05) is 25.6 Å². The molecular weight excluding hydrogens is 297 g/mol. The molecule has 0 spiro atoms. The van der Waals surface area contributed by atoms with Crippen LogP contribution in [0.25, 0.3) is 11.2 Å². The van der Waals surface area contributed by atoms with Crippen LogP contribution in [0.15, 0.2) is 6.33 Å². The molecule has 4 unspecified atom stereocenters. The van der Waals surface area contributed by atoms with Gasteiger partial charge in [0.1, 0.15) is 18.3 Å². The Balaban J connectivity index is 2.09. The summed E-state index contributed by atoms with van der Waals surface area (Å²) in [6.07, 6.45) is -4.13. The average Bonchev–Trinajstić information content (AvgIpc) is 3.00. The SMILES string of the molecule is CN(C)c1nc(F)nc2c1ncn2C1OC(CO)C(O)C1O. The van der Waals surface area contributed by atoms with Crippen LogP contribution in [0.4, 0.5) is 10.2 Å². The summed E-state index contributed by atoms with van der Waals surface area (Å²) >= 11 is 0. The van der Waals surface area contributed by atoms with Gasteiger partial charge in [-0.05, 0) is 0 Å². The molecule has 0 radical (unpaired) electrons. The van der Waals surface area contributed by atoms with Crippen LogP contribution >= 0.6 is 0 Å². The highest BCUT2D eigenvalue weighted by Crippen LogP contribution is 2.32. The second kappa shape index (κ2) is 5.39. The van der Waals surface area contributed by atoms with E-state index in [4.69, 9.17) is 9.84 Å². The molecule has 0 amide bonds. The molecule has 10 heteroatoms. The lowest BCUT2D eigenvalue weighted by Crippen LogP contribution is -2.33. The highest BCUT2D eigenvalue weighted by molar-refractivity contribution is 5.83. The molecule has 22 heavy (non-hydrogen) atoms. The number of ether oxygens (including phenoxy) is 1. The summed E-state index contributed by atoms with van der Waals surface area (Å²) in [6.45, 7) is -0.451. The number of halogens is 1. The summed E-state index contributed by atoms with van der Waals surface area (Å²) in [7, 11) is 3.37. The Morgan fingerprint density at radius 2 is 2.05 bits per heavy atom. The zero-order valence-corrected chi connectivity index (χ0v) is 12.0. The predicted octanol–water partition coefficient (Wildman–Crippen LogP) is -1.36. The van der Waals surface area contributed by atoms with Crippen molar-refractivity contribution in [1.82, 2.24) is 19.5 Å². The van der Waals surface area contributed by atoms with E-state index in [-0.39, 0.29) is 11.5 Å². The number of aromatic nitrogens is 4. The number of anilines is 1. The molecule has 0 aliphatic carbocycles. The smallest absolute Gasteiger partial charge is 0.312 e. The minimum absolute atomic E-state index is 0.131. The third-order valence-electron chi connectivity index (χ3n) is 3.59. The van der Waals surface area contributed by atoms with Crippen LogP contribution in [0.5, 0.6) is 0 Å². The van der Waals surface area contributed by atoms with Gasteiger partial charge in [0.15, 0.2) is 23.2 Å². The molecule has 0 bridgehead atoms. The first kappa shape index (κ1) is 15.0. The van der Waals surface area contributed by atoms with Gasteiger partial charge < -0.3 is 25.0 Å². The molecule has 9 nitrogen and oxygen atoms in total. The summed E-state index contributed by atoms with van der Waals surface area (Å²) in [5.74, 6) is 0.285. The molecule has 3 N–H and O–H groups in total. The number of rotatable bonds is 3. The standard InChI is InChI=1S/C12H16FN5O4/c1-17(2)9-6-10(16-12(13)15-9)18(4-14-6)11-8(21)7(20)5(3-19)22-11/h4-5,7-8,11,19-21H,3H2,1-2H3. The van der Waals surface area contributed by atoms with Crippen LogP contribution in [-0.2, 0) is 4.74 Å². The largest absolute Gasteiger partial charge is 0.394 e.